The van der Waals surface area contributed by atoms with Crippen LogP contribution in [-0.2, 0) is 5.41 Å². The van der Waals surface area contributed by atoms with Gasteiger partial charge >= 0.3 is 5.97 Å². The maximum atomic E-state index is 12.2. The van der Waals surface area contributed by atoms with Gasteiger partial charge in [0.15, 0.2) is 0 Å². The smallest absolute Gasteiger partial charge is 0.336 e. The molecule has 0 amide bonds. The number of carboxylic acids is 1. The average molecular weight is 422 g/mol. The van der Waals surface area contributed by atoms with Gasteiger partial charge < -0.3 is 28.0 Å². The summed E-state index contributed by atoms with van der Waals surface area (Å²) in [6.45, 7) is 0. The van der Waals surface area contributed by atoms with Crippen molar-refractivity contribution in [2.75, 3.05) is 22.9 Å². The Balaban J connectivity index is 2.00. The lowest BCUT2D eigenvalue weighted by Gasteiger charge is -2.34. The lowest BCUT2D eigenvalue weighted by atomic mass is 9.67. The van der Waals surface area contributed by atoms with E-state index in [-0.39, 0.29) is 5.56 Å². The molecular formula is C26H22N4O2. The van der Waals surface area contributed by atoms with Crippen LogP contribution in [0.15, 0.2) is 78.9 Å². The largest absolute Gasteiger partial charge is 0.478 e. The predicted molar refractivity (Wildman–Crippen MR) is 128 cm³/mol. The summed E-state index contributed by atoms with van der Waals surface area (Å²) in [5.74, 6) is -0.985. The van der Waals surface area contributed by atoms with Crippen LogP contribution in [0.5, 0.6) is 0 Å². The van der Waals surface area contributed by atoms with E-state index in [0.29, 0.717) is 28.3 Å². The summed E-state index contributed by atoms with van der Waals surface area (Å²) in [4.78, 5) is 12.2. The Morgan fingerprint density at radius 2 is 1.22 bits per heavy atom. The molecule has 0 atom stereocenters. The molecular weight excluding hydrogens is 400 g/mol. The quantitative estimate of drug-likeness (QED) is 0.277. The van der Waals surface area contributed by atoms with Gasteiger partial charge in [-0.05, 0) is 58.1 Å². The van der Waals surface area contributed by atoms with Crippen molar-refractivity contribution in [3.05, 3.63) is 107 Å². The summed E-state index contributed by atoms with van der Waals surface area (Å²) >= 11 is 0. The monoisotopic (exact) mass is 422 g/mol. The van der Waals surface area contributed by atoms with Crippen LogP contribution in [0.25, 0.3) is 11.1 Å². The van der Waals surface area contributed by atoms with E-state index in [1.165, 1.54) is 0 Å². The number of fused-ring (bicyclic) bond motifs is 3. The van der Waals surface area contributed by atoms with Gasteiger partial charge in [-0.15, -0.1) is 0 Å². The summed E-state index contributed by atoms with van der Waals surface area (Å²) in [7, 11) is 0. The van der Waals surface area contributed by atoms with Crippen LogP contribution in [0.1, 0.15) is 32.6 Å². The Kier molecular flexibility index (Phi) is 4.14. The van der Waals surface area contributed by atoms with E-state index >= 15 is 0 Å². The Bertz CT molecular complexity index is 1360. The maximum Gasteiger partial charge on any atom is 0.336 e. The highest BCUT2D eigenvalue weighted by atomic mass is 16.4. The van der Waals surface area contributed by atoms with Gasteiger partial charge in [-0.3, -0.25) is 0 Å². The van der Waals surface area contributed by atoms with Gasteiger partial charge in [-0.25, -0.2) is 4.79 Å². The number of aromatic carboxylic acids is 1. The number of hydrogen-bond donors (Lipinski definition) is 5. The molecule has 4 aromatic carbocycles. The number of anilines is 4. The third-order valence-corrected chi connectivity index (χ3v) is 6.34. The van der Waals surface area contributed by atoms with Crippen LogP contribution in [0.3, 0.4) is 0 Å². The predicted octanol–water partition coefficient (Wildman–Crippen LogP) is 4.08. The second-order valence-electron chi connectivity index (χ2n) is 8.02. The Labute approximate surface area is 185 Å². The summed E-state index contributed by atoms with van der Waals surface area (Å²) in [5, 5.41) is 9.97. The average Bonchev–Trinajstić information content (AvgIpc) is 3.09. The highest BCUT2D eigenvalue weighted by Crippen LogP contribution is 2.57. The van der Waals surface area contributed by atoms with Crippen LogP contribution >= 0.6 is 0 Å². The SMILES string of the molecule is Nc1ccc(C2(c3ccc(N)c(N)c3)c3ccccc3-c3c(C(=O)O)cccc32)cc1N. The van der Waals surface area contributed by atoms with Crippen molar-refractivity contribution in [1.29, 1.82) is 0 Å². The van der Waals surface area contributed by atoms with E-state index in [2.05, 4.69) is 0 Å². The lowest BCUT2D eigenvalue weighted by molar-refractivity contribution is 0.0697. The molecule has 1 aliphatic carbocycles. The van der Waals surface area contributed by atoms with Crippen molar-refractivity contribution in [3.8, 4) is 11.1 Å². The molecule has 0 aliphatic heterocycles. The fourth-order valence-corrected chi connectivity index (χ4v) is 4.91. The molecule has 0 saturated heterocycles. The second-order valence-corrected chi connectivity index (χ2v) is 8.02. The third kappa shape index (κ3) is 2.50. The first-order valence-corrected chi connectivity index (χ1v) is 10.1. The van der Waals surface area contributed by atoms with Crippen molar-refractivity contribution in [2.24, 2.45) is 0 Å². The maximum absolute atomic E-state index is 12.2. The van der Waals surface area contributed by atoms with Gasteiger partial charge in [0.05, 0.1) is 33.7 Å². The molecule has 5 rings (SSSR count). The zero-order valence-electron chi connectivity index (χ0n) is 17.2. The number of nitrogen functional groups attached to an aromatic ring is 4. The van der Waals surface area contributed by atoms with Gasteiger partial charge in [0, 0.05) is 5.56 Å². The topological polar surface area (TPSA) is 141 Å². The first kappa shape index (κ1) is 19.5. The molecule has 32 heavy (non-hydrogen) atoms. The van der Waals surface area contributed by atoms with Gasteiger partial charge in [0.2, 0.25) is 0 Å². The van der Waals surface area contributed by atoms with Gasteiger partial charge in [0.25, 0.3) is 0 Å². The molecule has 0 fully saturated rings. The summed E-state index contributed by atoms with van der Waals surface area (Å²) in [5.41, 5.74) is 30.8. The zero-order valence-corrected chi connectivity index (χ0v) is 17.2. The molecule has 6 nitrogen and oxygen atoms in total. The van der Waals surface area contributed by atoms with Gasteiger partial charge in [-0.1, -0.05) is 48.5 Å². The van der Waals surface area contributed by atoms with Crippen LogP contribution in [0.4, 0.5) is 22.7 Å². The molecule has 0 bridgehead atoms. The van der Waals surface area contributed by atoms with Crippen LogP contribution in [0.2, 0.25) is 0 Å². The molecule has 0 radical (unpaired) electrons. The molecule has 1 aliphatic rings. The van der Waals surface area contributed by atoms with E-state index in [1.54, 1.807) is 24.3 Å². The van der Waals surface area contributed by atoms with Crippen molar-refractivity contribution in [2.45, 2.75) is 5.41 Å². The third-order valence-electron chi connectivity index (χ3n) is 6.34. The number of carbonyl (C=O) groups is 1. The summed E-state index contributed by atoms with van der Waals surface area (Å²) < 4.78 is 0. The first-order chi connectivity index (χ1) is 15.4. The highest BCUT2D eigenvalue weighted by molar-refractivity contribution is 6.01. The van der Waals surface area contributed by atoms with E-state index in [4.69, 9.17) is 22.9 Å². The van der Waals surface area contributed by atoms with Crippen LogP contribution < -0.4 is 22.9 Å². The number of carboxylic acid groups (broad SMARTS) is 1. The normalized spacial score (nSPS) is 13.4. The first-order valence-electron chi connectivity index (χ1n) is 10.1. The van der Waals surface area contributed by atoms with Crippen molar-refractivity contribution < 1.29 is 9.90 Å². The standard InChI is InChI=1S/C26H22N4O2/c27-20-10-8-14(12-22(20)29)26(15-9-11-21(28)23(30)13-15)18-6-2-1-4-16(18)24-17(25(31)32)5-3-7-19(24)26/h1-13H,27-30H2,(H,31,32). The highest BCUT2D eigenvalue weighted by Gasteiger charge is 2.47. The number of nitrogens with two attached hydrogens (primary N) is 4. The van der Waals surface area contributed by atoms with Gasteiger partial charge in [-0.2, -0.15) is 0 Å². The van der Waals surface area contributed by atoms with Crippen molar-refractivity contribution in [1.82, 2.24) is 0 Å². The molecule has 0 unspecified atom stereocenters. The van der Waals surface area contributed by atoms with Crippen LogP contribution in [-0.4, -0.2) is 11.1 Å². The van der Waals surface area contributed by atoms with Crippen molar-refractivity contribution in [3.63, 3.8) is 0 Å². The fraction of sp³-hybridized carbons (Fsp3) is 0.0385. The minimum Gasteiger partial charge on any atom is -0.478 e. The molecule has 6 heteroatoms. The molecule has 9 N–H and O–H groups in total. The molecule has 158 valence electrons. The number of benzene rings is 4. The number of hydrogen-bond acceptors (Lipinski definition) is 5. The molecule has 0 spiro atoms. The summed E-state index contributed by atoms with van der Waals surface area (Å²) in [6, 6.07) is 24.3. The van der Waals surface area contributed by atoms with E-state index in [0.717, 1.165) is 27.8 Å². The lowest BCUT2D eigenvalue weighted by Crippen LogP contribution is -2.29. The van der Waals surface area contributed by atoms with E-state index in [1.807, 2.05) is 54.6 Å². The van der Waals surface area contributed by atoms with E-state index in [9.17, 15) is 9.90 Å². The van der Waals surface area contributed by atoms with Crippen LogP contribution in [0, 0.1) is 0 Å². The molecule has 0 saturated carbocycles. The fourth-order valence-electron chi connectivity index (χ4n) is 4.91. The van der Waals surface area contributed by atoms with Gasteiger partial charge in [0.1, 0.15) is 0 Å². The number of rotatable bonds is 3. The summed E-state index contributed by atoms with van der Waals surface area (Å²) in [6.07, 6.45) is 0. The van der Waals surface area contributed by atoms with Crippen molar-refractivity contribution >= 4 is 28.7 Å². The minimum atomic E-state index is -0.985. The Hall–Kier alpha value is -4.45. The minimum absolute atomic E-state index is 0.239. The second kappa shape index (κ2) is 6.78. The molecule has 0 heterocycles. The van der Waals surface area contributed by atoms with E-state index < -0.39 is 11.4 Å². The molecule has 4 aromatic rings. The molecule has 0 aromatic heterocycles. The zero-order chi connectivity index (χ0) is 22.6. The Morgan fingerprint density at radius 1 is 0.656 bits per heavy atom. The Morgan fingerprint density at radius 3 is 1.78 bits per heavy atom.